The molecule has 94 valence electrons. The molecular formula is C11H18N4O2. The first-order valence-corrected chi connectivity index (χ1v) is 5.82. The van der Waals surface area contributed by atoms with Crippen LogP contribution >= 0.6 is 0 Å². The molecule has 0 spiro atoms. The molecule has 0 aliphatic carbocycles. The number of hydrogen-bond acceptors (Lipinski definition) is 4. The van der Waals surface area contributed by atoms with Gasteiger partial charge in [0.05, 0.1) is 6.10 Å². The lowest BCUT2D eigenvalue weighted by Crippen LogP contribution is -2.34. The van der Waals surface area contributed by atoms with Gasteiger partial charge in [-0.3, -0.25) is 9.48 Å². The zero-order valence-electron chi connectivity index (χ0n) is 9.93. The minimum absolute atomic E-state index is 0.0489. The first-order chi connectivity index (χ1) is 8.15. The molecule has 1 aromatic rings. The van der Waals surface area contributed by atoms with Crippen molar-refractivity contribution >= 4 is 11.7 Å². The van der Waals surface area contributed by atoms with Crippen molar-refractivity contribution in [1.82, 2.24) is 15.1 Å². The lowest BCUT2D eigenvalue weighted by Gasteiger charge is -2.14. The van der Waals surface area contributed by atoms with Gasteiger partial charge in [-0.15, -0.1) is 0 Å². The zero-order valence-corrected chi connectivity index (χ0v) is 9.93. The van der Waals surface area contributed by atoms with Gasteiger partial charge in [-0.05, 0) is 19.4 Å². The normalized spacial score (nSPS) is 23.8. The summed E-state index contributed by atoms with van der Waals surface area (Å²) in [7, 11) is 0. The predicted molar refractivity (Wildman–Crippen MR) is 63.2 cm³/mol. The summed E-state index contributed by atoms with van der Waals surface area (Å²) in [6.45, 7) is 3.70. The van der Waals surface area contributed by atoms with E-state index in [1.54, 1.807) is 12.3 Å². The van der Waals surface area contributed by atoms with Crippen molar-refractivity contribution in [2.75, 3.05) is 18.9 Å². The van der Waals surface area contributed by atoms with Gasteiger partial charge < -0.3 is 15.8 Å². The molecule has 0 radical (unpaired) electrons. The standard InChI is InChI=1S/C11H18N4O2/c1-8-9(3-5-17-8)6-13-11(16)7-15-4-2-10(12)14-15/h2,4,8-9H,3,5-7H2,1H3,(H2,12,14)(H,13,16). The van der Waals surface area contributed by atoms with Crippen LogP contribution in [0.15, 0.2) is 12.3 Å². The highest BCUT2D eigenvalue weighted by Gasteiger charge is 2.24. The van der Waals surface area contributed by atoms with E-state index >= 15 is 0 Å². The average Bonchev–Trinajstić information content (AvgIpc) is 2.85. The van der Waals surface area contributed by atoms with Gasteiger partial charge >= 0.3 is 0 Å². The Morgan fingerprint density at radius 2 is 2.59 bits per heavy atom. The molecule has 1 amide bonds. The van der Waals surface area contributed by atoms with E-state index < -0.39 is 0 Å². The van der Waals surface area contributed by atoms with Crippen molar-refractivity contribution in [3.05, 3.63) is 12.3 Å². The summed E-state index contributed by atoms with van der Waals surface area (Å²) in [5, 5.41) is 6.85. The molecule has 0 bridgehead atoms. The van der Waals surface area contributed by atoms with Crippen molar-refractivity contribution < 1.29 is 9.53 Å². The van der Waals surface area contributed by atoms with Crippen LogP contribution in [0.25, 0.3) is 0 Å². The molecular weight excluding hydrogens is 220 g/mol. The summed E-state index contributed by atoms with van der Waals surface area (Å²) < 4.78 is 6.96. The SMILES string of the molecule is CC1OCCC1CNC(=O)Cn1ccc(N)n1. The fourth-order valence-corrected chi connectivity index (χ4v) is 1.96. The van der Waals surface area contributed by atoms with Crippen LogP contribution in [0.4, 0.5) is 5.82 Å². The second-order valence-electron chi connectivity index (χ2n) is 4.37. The van der Waals surface area contributed by atoms with Gasteiger partial charge in [-0.1, -0.05) is 0 Å². The largest absolute Gasteiger partial charge is 0.382 e. The van der Waals surface area contributed by atoms with Gasteiger partial charge in [0, 0.05) is 25.3 Å². The third-order valence-corrected chi connectivity index (χ3v) is 3.06. The topological polar surface area (TPSA) is 82.2 Å². The van der Waals surface area contributed by atoms with Crippen LogP contribution in [0.1, 0.15) is 13.3 Å². The van der Waals surface area contributed by atoms with Crippen LogP contribution in [0.5, 0.6) is 0 Å². The fraction of sp³-hybridized carbons (Fsp3) is 0.636. The Morgan fingerprint density at radius 1 is 1.76 bits per heavy atom. The molecule has 2 atom stereocenters. The van der Waals surface area contributed by atoms with Gasteiger partial charge in [0.2, 0.25) is 5.91 Å². The maximum atomic E-state index is 11.6. The van der Waals surface area contributed by atoms with Gasteiger partial charge in [0.1, 0.15) is 12.4 Å². The molecule has 2 unspecified atom stereocenters. The molecule has 1 aliphatic rings. The minimum atomic E-state index is -0.0489. The van der Waals surface area contributed by atoms with E-state index in [0.29, 0.717) is 18.3 Å². The quantitative estimate of drug-likeness (QED) is 0.774. The number of nitrogens with zero attached hydrogens (tertiary/aromatic N) is 2. The molecule has 6 nitrogen and oxygen atoms in total. The summed E-state index contributed by atoms with van der Waals surface area (Å²) >= 11 is 0. The second-order valence-corrected chi connectivity index (χ2v) is 4.37. The zero-order chi connectivity index (χ0) is 12.3. The first kappa shape index (κ1) is 11.9. The van der Waals surface area contributed by atoms with Crippen molar-refractivity contribution in [2.45, 2.75) is 26.0 Å². The van der Waals surface area contributed by atoms with E-state index in [9.17, 15) is 4.79 Å². The predicted octanol–water partition coefficient (Wildman–Crippen LogP) is 0.00650. The van der Waals surface area contributed by atoms with Crippen LogP contribution in [0, 0.1) is 5.92 Å². The summed E-state index contributed by atoms with van der Waals surface area (Å²) in [6, 6.07) is 1.67. The van der Waals surface area contributed by atoms with E-state index in [2.05, 4.69) is 10.4 Å². The number of ether oxygens (including phenoxy) is 1. The molecule has 2 rings (SSSR count). The summed E-state index contributed by atoms with van der Waals surface area (Å²) in [6.07, 6.45) is 2.93. The van der Waals surface area contributed by atoms with Crippen LogP contribution in [-0.4, -0.2) is 34.9 Å². The van der Waals surface area contributed by atoms with Crippen LogP contribution in [-0.2, 0) is 16.1 Å². The second kappa shape index (κ2) is 5.18. The molecule has 0 aromatic carbocycles. The molecule has 1 saturated heterocycles. The number of amides is 1. The number of nitrogens with two attached hydrogens (primary N) is 1. The third kappa shape index (κ3) is 3.20. The molecule has 1 aliphatic heterocycles. The average molecular weight is 238 g/mol. The number of nitrogens with one attached hydrogen (secondary N) is 1. The van der Waals surface area contributed by atoms with Crippen molar-refractivity contribution in [3.8, 4) is 0 Å². The third-order valence-electron chi connectivity index (χ3n) is 3.06. The van der Waals surface area contributed by atoms with Gasteiger partial charge in [-0.2, -0.15) is 5.10 Å². The summed E-state index contributed by atoms with van der Waals surface area (Å²) in [5.74, 6) is 0.796. The van der Waals surface area contributed by atoms with Crippen molar-refractivity contribution in [3.63, 3.8) is 0 Å². The number of rotatable bonds is 4. The Morgan fingerprint density at radius 3 is 3.18 bits per heavy atom. The molecule has 3 N–H and O–H groups in total. The number of carbonyl (C=O) groups is 1. The lowest BCUT2D eigenvalue weighted by atomic mass is 10.0. The Balaban J connectivity index is 1.74. The fourth-order valence-electron chi connectivity index (χ4n) is 1.96. The highest BCUT2D eigenvalue weighted by atomic mass is 16.5. The minimum Gasteiger partial charge on any atom is -0.382 e. The van der Waals surface area contributed by atoms with E-state index in [0.717, 1.165) is 13.0 Å². The van der Waals surface area contributed by atoms with Crippen LogP contribution in [0.2, 0.25) is 0 Å². The van der Waals surface area contributed by atoms with Crippen LogP contribution in [0.3, 0.4) is 0 Å². The highest BCUT2D eigenvalue weighted by Crippen LogP contribution is 2.19. The monoisotopic (exact) mass is 238 g/mol. The Kier molecular flexibility index (Phi) is 3.63. The molecule has 0 saturated carbocycles. The highest BCUT2D eigenvalue weighted by molar-refractivity contribution is 5.75. The Labute approximate surface area is 100 Å². The number of carbonyl (C=O) groups excluding carboxylic acids is 1. The van der Waals surface area contributed by atoms with Crippen molar-refractivity contribution in [2.24, 2.45) is 5.92 Å². The molecule has 6 heteroatoms. The Hall–Kier alpha value is -1.56. The van der Waals surface area contributed by atoms with Gasteiger partial charge in [-0.25, -0.2) is 0 Å². The lowest BCUT2D eigenvalue weighted by molar-refractivity contribution is -0.122. The number of aromatic nitrogens is 2. The number of hydrogen-bond donors (Lipinski definition) is 2. The number of nitrogen functional groups attached to an aromatic ring is 1. The smallest absolute Gasteiger partial charge is 0.241 e. The maximum Gasteiger partial charge on any atom is 0.241 e. The van der Waals surface area contributed by atoms with E-state index in [1.807, 2.05) is 6.92 Å². The van der Waals surface area contributed by atoms with Gasteiger partial charge in [0.25, 0.3) is 0 Å². The van der Waals surface area contributed by atoms with Gasteiger partial charge in [0.15, 0.2) is 0 Å². The van der Waals surface area contributed by atoms with Crippen molar-refractivity contribution in [1.29, 1.82) is 0 Å². The Bertz CT molecular complexity index is 391. The summed E-state index contributed by atoms with van der Waals surface area (Å²) in [4.78, 5) is 11.6. The molecule has 1 fully saturated rings. The first-order valence-electron chi connectivity index (χ1n) is 5.82. The maximum absolute atomic E-state index is 11.6. The van der Waals surface area contributed by atoms with Crippen LogP contribution < -0.4 is 11.1 Å². The molecule has 2 heterocycles. The molecule has 17 heavy (non-hydrogen) atoms. The summed E-state index contributed by atoms with van der Waals surface area (Å²) in [5.41, 5.74) is 5.47. The van der Waals surface area contributed by atoms with E-state index in [4.69, 9.17) is 10.5 Å². The van der Waals surface area contributed by atoms with E-state index in [1.165, 1.54) is 4.68 Å². The number of anilines is 1. The molecule has 1 aromatic heterocycles. The van der Waals surface area contributed by atoms with E-state index in [-0.39, 0.29) is 18.6 Å².